The van der Waals surface area contributed by atoms with Crippen LogP contribution >= 0.6 is 12.2 Å². The van der Waals surface area contributed by atoms with Crippen LogP contribution in [0.5, 0.6) is 5.75 Å². The van der Waals surface area contributed by atoms with Crippen LogP contribution < -0.4 is 15.0 Å². The zero-order valence-electron chi connectivity index (χ0n) is 17.4. The van der Waals surface area contributed by atoms with Crippen molar-refractivity contribution in [3.05, 3.63) is 108 Å². The number of thiocarbonyl (C=S) groups is 1. The van der Waals surface area contributed by atoms with E-state index in [1.807, 2.05) is 71.4 Å². The van der Waals surface area contributed by atoms with Crippen molar-refractivity contribution in [3.8, 4) is 11.4 Å². The number of hydrogen-bond acceptors (Lipinski definition) is 3. The first-order valence-corrected chi connectivity index (χ1v) is 10.6. The van der Waals surface area contributed by atoms with Gasteiger partial charge in [0.05, 0.1) is 18.8 Å². The number of ether oxygens (including phenoxy) is 1. The molecule has 0 saturated carbocycles. The van der Waals surface area contributed by atoms with Gasteiger partial charge in [0.2, 0.25) is 0 Å². The predicted molar refractivity (Wildman–Crippen MR) is 127 cm³/mol. The van der Waals surface area contributed by atoms with Crippen molar-refractivity contribution in [2.45, 2.75) is 12.1 Å². The first-order chi connectivity index (χ1) is 15.7. The molecule has 1 N–H and O–H groups in total. The van der Waals surface area contributed by atoms with Gasteiger partial charge in [-0.15, -0.1) is 0 Å². The molecule has 5 nitrogen and oxygen atoms in total. The molecule has 0 radical (unpaired) electrons. The van der Waals surface area contributed by atoms with Crippen LogP contribution in [0.25, 0.3) is 5.69 Å². The highest BCUT2D eigenvalue weighted by atomic mass is 32.1. The van der Waals surface area contributed by atoms with Gasteiger partial charge in [0.15, 0.2) is 5.11 Å². The summed E-state index contributed by atoms with van der Waals surface area (Å²) in [6.07, 6.45) is 3.71. The van der Waals surface area contributed by atoms with Gasteiger partial charge < -0.3 is 19.5 Å². The van der Waals surface area contributed by atoms with Crippen molar-refractivity contribution in [3.63, 3.8) is 0 Å². The molecule has 0 unspecified atom stereocenters. The molecule has 32 heavy (non-hydrogen) atoms. The fraction of sp³-hybridized carbons (Fsp3) is 0.120. The maximum absolute atomic E-state index is 14.0. The summed E-state index contributed by atoms with van der Waals surface area (Å²) in [4.78, 5) is 6.66. The lowest BCUT2D eigenvalue weighted by Gasteiger charge is -2.29. The van der Waals surface area contributed by atoms with E-state index in [2.05, 4.69) is 15.2 Å². The smallest absolute Gasteiger partial charge is 0.174 e. The highest BCUT2D eigenvalue weighted by molar-refractivity contribution is 7.80. The summed E-state index contributed by atoms with van der Waals surface area (Å²) >= 11 is 5.79. The molecule has 1 saturated heterocycles. The zero-order chi connectivity index (χ0) is 22.1. The molecule has 1 aliphatic heterocycles. The Labute approximate surface area is 191 Å². The van der Waals surface area contributed by atoms with E-state index in [4.69, 9.17) is 17.0 Å². The summed E-state index contributed by atoms with van der Waals surface area (Å²) < 4.78 is 21.5. The Bertz CT molecular complexity index is 1260. The molecule has 0 aliphatic carbocycles. The lowest BCUT2D eigenvalue weighted by Crippen LogP contribution is -2.30. The monoisotopic (exact) mass is 444 g/mol. The van der Waals surface area contributed by atoms with Gasteiger partial charge >= 0.3 is 0 Å². The maximum atomic E-state index is 14.0. The van der Waals surface area contributed by atoms with Crippen LogP contribution in [0.1, 0.15) is 23.5 Å². The number of aromatic nitrogens is 2. The number of hydrogen-bond donors (Lipinski definition) is 1. The van der Waals surface area contributed by atoms with E-state index >= 15 is 0 Å². The molecule has 7 heteroatoms. The third-order valence-electron chi connectivity index (χ3n) is 5.60. The molecular formula is C25H21FN4OS. The van der Waals surface area contributed by atoms with Gasteiger partial charge in [0.25, 0.3) is 0 Å². The number of methoxy groups -OCH3 is 1. The van der Waals surface area contributed by atoms with Gasteiger partial charge in [0, 0.05) is 35.5 Å². The fourth-order valence-corrected chi connectivity index (χ4v) is 4.54. The van der Waals surface area contributed by atoms with E-state index in [-0.39, 0.29) is 17.9 Å². The Morgan fingerprint density at radius 1 is 0.969 bits per heavy atom. The van der Waals surface area contributed by atoms with E-state index in [1.165, 1.54) is 12.1 Å². The minimum Gasteiger partial charge on any atom is -0.497 e. The number of benzene rings is 2. The molecule has 4 aromatic rings. The van der Waals surface area contributed by atoms with Crippen LogP contribution in [0, 0.1) is 5.82 Å². The molecule has 2 aromatic carbocycles. The summed E-state index contributed by atoms with van der Waals surface area (Å²) in [7, 11) is 1.64. The quantitative estimate of drug-likeness (QED) is 0.429. The van der Waals surface area contributed by atoms with Crippen LogP contribution in [0.4, 0.5) is 10.1 Å². The van der Waals surface area contributed by atoms with E-state index in [0.717, 1.165) is 28.5 Å². The largest absolute Gasteiger partial charge is 0.497 e. The summed E-state index contributed by atoms with van der Waals surface area (Å²) in [5.74, 6) is 0.457. The SMILES string of the molecule is COc1cccc(N2C(=S)N[C@H](c3ccccn3)[C@H]2c2cccn2-c2cccc(F)c2)c1. The maximum Gasteiger partial charge on any atom is 0.174 e. The molecule has 160 valence electrons. The molecular weight excluding hydrogens is 423 g/mol. The summed E-state index contributed by atoms with van der Waals surface area (Å²) in [5, 5.41) is 4.04. The second-order valence-corrected chi connectivity index (χ2v) is 7.87. The molecule has 0 amide bonds. The topological polar surface area (TPSA) is 42.3 Å². The molecule has 0 bridgehead atoms. The lowest BCUT2D eigenvalue weighted by atomic mass is 10.0. The normalized spacial score (nSPS) is 17.9. The Balaban J connectivity index is 1.67. The minimum absolute atomic E-state index is 0.197. The van der Waals surface area contributed by atoms with Gasteiger partial charge in [-0.2, -0.15) is 0 Å². The standard InChI is InChI=1S/C25H21FN4OS/c1-31-20-10-5-9-19(16-20)30-24(23(28-25(30)32)21-11-2-3-13-27-21)22-12-6-14-29(22)18-8-4-7-17(26)15-18/h2-16,23-24H,1H3,(H,28,32)/t23-,24-/m1/s1. The number of rotatable bonds is 5. The molecule has 0 spiro atoms. The number of pyridine rings is 1. The summed E-state index contributed by atoms with van der Waals surface area (Å²) in [6, 6.07) is 23.8. The van der Waals surface area contributed by atoms with Crippen molar-refractivity contribution in [2.24, 2.45) is 0 Å². The van der Waals surface area contributed by atoms with Gasteiger partial charge in [-0.1, -0.05) is 18.2 Å². The second-order valence-electron chi connectivity index (χ2n) is 7.48. The van der Waals surface area contributed by atoms with Crippen LogP contribution in [0.15, 0.2) is 91.3 Å². The Morgan fingerprint density at radius 2 is 1.81 bits per heavy atom. The summed E-state index contributed by atoms with van der Waals surface area (Å²) in [5.41, 5.74) is 3.48. The molecule has 1 aliphatic rings. The van der Waals surface area contributed by atoms with Crippen LogP contribution in [0.3, 0.4) is 0 Å². The van der Waals surface area contributed by atoms with Crippen molar-refractivity contribution in [2.75, 3.05) is 12.0 Å². The van der Waals surface area contributed by atoms with Crippen molar-refractivity contribution in [1.29, 1.82) is 0 Å². The number of nitrogens with zero attached hydrogens (tertiary/aromatic N) is 3. The minimum atomic E-state index is -0.284. The van der Waals surface area contributed by atoms with Gasteiger partial charge in [-0.25, -0.2) is 4.39 Å². The number of anilines is 1. The highest BCUT2D eigenvalue weighted by Crippen LogP contribution is 2.42. The fourth-order valence-electron chi connectivity index (χ4n) is 4.19. The molecule has 2 aromatic heterocycles. The molecule has 2 atom stereocenters. The summed E-state index contributed by atoms with van der Waals surface area (Å²) in [6.45, 7) is 0. The average molecular weight is 445 g/mol. The highest BCUT2D eigenvalue weighted by Gasteiger charge is 2.42. The Kier molecular flexibility index (Phi) is 5.33. The zero-order valence-corrected chi connectivity index (χ0v) is 18.2. The number of nitrogens with one attached hydrogen (secondary N) is 1. The number of halogens is 1. The van der Waals surface area contributed by atoms with E-state index in [9.17, 15) is 4.39 Å². The Hall–Kier alpha value is -3.71. The van der Waals surface area contributed by atoms with Gasteiger partial charge in [0.1, 0.15) is 17.6 Å². The second kappa shape index (κ2) is 8.43. The van der Waals surface area contributed by atoms with Gasteiger partial charge in [-0.05, 0) is 66.8 Å². The predicted octanol–water partition coefficient (Wildman–Crippen LogP) is 5.20. The third kappa shape index (κ3) is 3.61. The lowest BCUT2D eigenvalue weighted by molar-refractivity contribution is 0.414. The van der Waals surface area contributed by atoms with Crippen LogP contribution in [-0.4, -0.2) is 21.8 Å². The van der Waals surface area contributed by atoms with E-state index < -0.39 is 0 Å². The molecule has 5 rings (SSSR count). The first kappa shape index (κ1) is 20.2. The van der Waals surface area contributed by atoms with Crippen molar-refractivity contribution in [1.82, 2.24) is 14.9 Å². The van der Waals surface area contributed by atoms with Crippen molar-refractivity contribution < 1.29 is 9.13 Å². The average Bonchev–Trinajstić information content (AvgIpc) is 3.44. The molecule has 1 fully saturated rings. The Morgan fingerprint density at radius 3 is 2.59 bits per heavy atom. The van der Waals surface area contributed by atoms with Gasteiger partial charge in [-0.3, -0.25) is 4.98 Å². The van der Waals surface area contributed by atoms with E-state index in [0.29, 0.717) is 5.11 Å². The third-order valence-corrected chi connectivity index (χ3v) is 5.91. The van der Waals surface area contributed by atoms with Crippen LogP contribution in [0.2, 0.25) is 0 Å². The van der Waals surface area contributed by atoms with E-state index in [1.54, 1.807) is 19.4 Å². The van der Waals surface area contributed by atoms with Crippen molar-refractivity contribution >= 4 is 23.0 Å². The first-order valence-electron chi connectivity index (χ1n) is 10.2. The molecule has 3 heterocycles. The van der Waals surface area contributed by atoms with Crippen LogP contribution in [-0.2, 0) is 0 Å².